The molecule has 0 bridgehead atoms. The molecule has 0 fully saturated rings. The van der Waals surface area contributed by atoms with Gasteiger partial charge >= 0.3 is 0 Å². The van der Waals surface area contributed by atoms with Crippen LogP contribution in [0.15, 0.2) is 0 Å². The number of hydrogen-bond donors (Lipinski definition) is 1. The number of anilines is 2. The monoisotopic (exact) mass is 232 g/mol. The Balaban J connectivity index is 2.94. The first kappa shape index (κ1) is 12.7. The number of halogens is 2. The number of nitrogens with two attached hydrogens (primary N) is 1. The van der Waals surface area contributed by atoms with Gasteiger partial charge in [-0.05, 0) is 6.42 Å². The van der Waals surface area contributed by atoms with Gasteiger partial charge < -0.3 is 10.6 Å². The summed E-state index contributed by atoms with van der Waals surface area (Å²) in [7, 11) is 3.31. The molecular weight excluding hydrogens is 214 g/mol. The van der Waals surface area contributed by atoms with Crippen molar-refractivity contribution in [2.45, 2.75) is 26.2 Å². The van der Waals surface area contributed by atoms with Gasteiger partial charge in [-0.15, -0.1) is 0 Å². The maximum Gasteiger partial charge on any atom is 0.255 e. The van der Waals surface area contributed by atoms with E-state index in [1.807, 2.05) is 6.92 Å². The number of hydrogen-bond acceptors (Lipinski definition) is 3. The summed E-state index contributed by atoms with van der Waals surface area (Å²) in [5.74, 6) is 0.559. The predicted octanol–water partition coefficient (Wildman–Crippen LogP) is 1.66. The quantitative estimate of drug-likeness (QED) is 0.839. The van der Waals surface area contributed by atoms with Crippen LogP contribution in [0.3, 0.4) is 0 Å². The topological polar surface area (TPSA) is 47.1 Å². The van der Waals surface area contributed by atoms with E-state index in [0.29, 0.717) is 11.5 Å². The summed E-state index contributed by atoms with van der Waals surface area (Å²) < 4.78 is 26.1. The molecule has 0 aliphatic rings. The molecule has 0 spiro atoms. The summed E-state index contributed by atoms with van der Waals surface area (Å²) in [4.78, 5) is 1.44. The third kappa shape index (κ3) is 2.62. The van der Waals surface area contributed by atoms with E-state index in [2.05, 4.69) is 5.10 Å². The van der Waals surface area contributed by atoms with E-state index in [9.17, 15) is 8.78 Å². The van der Waals surface area contributed by atoms with E-state index in [1.54, 1.807) is 18.8 Å². The number of alkyl halides is 2. The molecule has 1 aromatic heterocycles. The summed E-state index contributed by atoms with van der Waals surface area (Å²) in [6.07, 6.45) is -0.685. The number of nitrogens with zero attached hydrogens (tertiary/aromatic N) is 3. The molecule has 0 saturated carbocycles. The summed E-state index contributed by atoms with van der Waals surface area (Å²) in [5.41, 5.74) is 7.18. The fourth-order valence-corrected chi connectivity index (χ4v) is 1.75. The third-order valence-electron chi connectivity index (χ3n) is 2.39. The average Bonchev–Trinajstić information content (AvgIpc) is 2.41. The van der Waals surface area contributed by atoms with Gasteiger partial charge in [0.1, 0.15) is 5.82 Å². The summed E-state index contributed by atoms with van der Waals surface area (Å²) >= 11 is 0. The molecule has 1 aromatic rings. The zero-order valence-corrected chi connectivity index (χ0v) is 9.87. The highest BCUT2D eigenvalue weighted by molar-refractivity contribution is 5.66. The molecule has 1 rings (SSSR count). The molecule has 1 heterocycles. The van der Waals surface area contributed by atoms with Crippen LogP contribution in [0.4, 0.5) is 20.3 Å². The van der Waals surface area contributed by atoms with E-state index in [-0.39, 0.29) is 6.54 Å². The lowest BCUT2D eigenvalue weighted by Crippen LogP contribution is -2.26. The van der Waals surface area contributed by atoms with Crippen LogP contribution in [-0.4, -0.2) is 29.8 Å². The van der Waals surface area contributed by atoms with E-state index < -0.39 is 6.43 Å². The Bertz CT molecular complexity index is 349. The van der Waals surface area contributed by atoms with Gasteiger partial charge in [-0.3, -0.25) is 4.68 Å². The van der Waals surface area contributed by atoms with Crippen molar-refractivity contribution in [1.82, 2.24) is 9.78 Å². The van der Waals surface area contributed by atoms with Gasteiger partial charge in [0.25, 0.3) is 6.43 Å². The van der Waals surface area contributed by atoms with Gasteiger partial charge in [0.15, 0.2) is 0 Å². The number of nitrogen functional groups attached to an aromatic ring is 1. The lowest BCUT2D eigenvalue weighted by atomic mass is 10.2. The Hall–Kier alpha value is -1.33. The minimum absolute atomic E-state index is 0.338. The predicted molar refractivity (Wildman–Crippen MR) is 60.9 cm³/mol. The number of aromatic nitrogens is 2. The van der Waals surface area contributed by atoms with Crippen LogP contribution in [0.5, 0.6) is 0 Å². The molecule has 0 radical (unpaired) electrons. The molecular formula is C10H18F2N4. The van der Waals surface area contributed by atoms with Crippen LogP contribution in [0.25, 0.3) is 0 Å². The minimum Gasteiger partial charge on any atom is -0.394 e. The zero-order valence-electron chi connectivity index (χ0n) is 9.87. The van der Waals surface area contributed by atoms with Gasteiger partial charge in [-0.25, -0.2) is 8.78 Å². The molecule has 0 aromatic carbocycles. The number of aryl methyl sites for hydroxylation is 2. The van der Waals surface area contributed by atoms with Gasteiger partial charge in [0.05, 0.1) is 17.9 Å². The zero-order chi connectivity index (χ0) is 12.3. The standard InChI is InChI=1S/C10H18F2N4/c1-4-5-7-9(13)10(16(3)14-7)15(2)6-8(11)12/h8H,4-6,13H2,1-3H3. The Morgan fingerprint density at radius 1 is 1.50 bits per heavy atom. The minimum atomic E-state index is -2.38. The van der Waals surface area contributed by atoms with Crippen molar-refractivity contribution < 1.29 is 8.78 Å². The largest absolute Gasteiger partial charge is 0.394 e. The molecule has 92 valence electrons. The Labute approximate surface area is 94.0 Å². The average molecular weight is 232 g/mol. The van der Waals surface area contributed by atoms with Crippen LogP contribution >= 0.6 is 0 Å². The van der Waals surface area contributed by atoms with Crippen molar-refractivity contribution in [2.75, 3.05) is 24.2 Å². The second kappa shape index (κ2) is 5.14. The van der Waals surface area contributed by atoms with Gasteiger partial charge in [-0.1, -0.05) is 13.3 Å². The normalized spacial score (nSPS) is 11.1. The summed E-state index contributed by atoms with van der Waals surface area (Å²) in [6.45, 7) is 1.69. The fraction of sp³-hybridized carbons (Fsp3) is 0.700. The number of rotatable bonds is 5. The highest BCUT2D eigenvalue weighted by Crippen LogP contribution is 2.26. The molecule has 0 aliphatic heterocycles. The third-order valence-corrected chi connectivity index (χ3v) is 2.39. The van der Waals surface area contributed by atoms with Crippen molar-refractivity contribution in [3.05, 3.63) is 5.69 Å². The van der Waals surface area contributed by atoms with Crippen molar-refractivity contribution in [3.63, 3.8) is 0 Å². The van der Waals surface area contributed by atoms with Crippen LogP contribution < -0.4 is 10.6 Å². The molecule has 2 N–H and O–H groups in total. The van der Waals surface area contributed by atoms with E-state index >= 15 is 0 Å². The molecule has 0 saturated heterocycles. The van der Waals surface area contributed by atoms with E-state index in [1.165, 1.54) is 4.90 Å². The van der Waals surface area contributed by atoms with Gasteiger partial charge in [-0.2, -0.15) is 5.10 Å². The van der Waals surface area contributed by atoms with Crippen LogP contribution in [0.2, 0.25) is 0 Å². The fourth-order valence-electron chi connectivity index (χ4n) is 1.75. The van der Waals surface area contributed by atoms with Crippen molar-refractivity contribution in [3.8, 4) is 0 Å². The second-order valence-corrected chi connectivity index (χ2v) is 3.83. The van der Waals surface area contributed by atoms with Crippen molar-refractivity contribution >= 4 is 11.5 Å². The first-order chi connectivity index (χ1) is 7.47. The SMILES string of the molecule is CCCc1nn(C)c(N(C)CC(F)F)c1N. The van der Waals surface area contributed by atoms with Gasteiger partial charge in [0, 0.05) is 14.1 Å². The van der Waals surface area contributed by atoms with E-state index in [4.69, 9.17) is 5.73 Å². The van der Waals surface area contributed by atoms with Gasteiger partial charge in [0.2, 0.25) is 0 Å². The lowest BCUT2D eigenvalue weighted by molar-refractivity contribution is 0.156. The molecule has 6 heteroatoms. The lowest BCUT2D eigenvalue weighted by Gasteiger charge is -2.19. The first-order valence-electron chi connectivity index (χ1n) is 5.28. The Kier molecular flexibility index (Phi) is 4.09. The Morgan fingerprint density at radius 2 is 2.12 bits per heavy atom. The van der Waals surface area contributed by atoms with Crippen molar-refractivity contribution in [1.29, 1.82) is 0 Å². The van der Waals surface area contributed by atoms with Crippen LogP contribution in [-0.2, 0) is 13.5 Å². The maximum atomic E-state index is 12.3. The highest BCUT2D eigenvalue weighted by atomic mass is 19.3. The maximum absolute atomic E-state index is 12.3. The molecule has 0 amide bonds. The molecule has 16 heavy (non-hydrogen) atoms. The smallest absolute Gasteiger partial charge is 0.255 e. The second-order valence-electron chi connectivity index (χ2n) is 3.83. The highest BCUT2D eigenvalue weighted by Gasteiger charge is 2.18. The molecule has 4 nitrogen and oxygen atoms in total. The van der Waals surface area contributed by atoms with Crippen LogP contribution in [0, 0.1) is 0 Å². The van der Waals surface area contributed by atoms with E-state index in [0.717, 1.165) is 18.5 Å². The Morgan fingerprint density at radius 3 is 2.62 bits per heavy atom. The van der Waals surface area contributed by atoms with Crippen LogP contribution in [0.1, 0.15) is 19.0 Å². The molecule has 0 unspecified atom stereocenters. The molecule has 0 atom stereocenters. The summed E-state index contributed by atoms with van der Waals surface area (Å²) in [6, 6.07) is 0. The summed E-state index contributed by atoms with van der Waals surface area (Å²) in [5, 5.41) is 4.23. The molecule has 0 aliphatic carbocycles. The van der Waals surface area contributed by atoms with Crippen molar-refractivity contribution in [2.24, 2.45) is 7.05 Å². The first-order valence-corrected chi connectivity index (χ1v) is 5.28.